The van der Waals surface area contributed by atoms with Crippen molar-refractivity contribution in [2.24, 2.45) is 5.73 Å². The molecule has 0 unspecified atom stereocenters. The highest BCUT2D eigenvalue weighted by Crippen LogP contribution is 2.19. The second-order valence-corrected chi connectivity index (χ2v) is 5.07. The van der Waals surface area contributed by atoms with E-state index in [1.54, 1.807) is 17.5 Å². The minimum absolute atomic E-state index is 0.397. The van der Waals surface area contributed by atoms with Gasteiger partial charge < -0.3 is 15.8 Å². The number of thiazole rings is 1. The first-order chi connectivity index (χ1) is 7.84. The molecule has 16 heavy (non-hydrogen) atoms. The van der Waals surface area contributed by atoms with Crippen molar-refractivity contribution in [3.05, 3.63) is 11.6 Å². The maximum Gasteiger partial charge on any atom is 0.182 e. The van der Waals surface area contributed by atoms with E-state index in [9.17, 15) is 0 Å². The minimum Gasteiger partial charge on any atom is -0.376 e. The molecule has 0 aliphatic heterocycles. The van der Waals surface area contributed by atoms with Crippen LogP contribution in [0.1, 0.15) is 25.7 Å². The summed E-state index contributed by atoms with van der Waals surface area (Å²) in [5, 5.41) is 6.16. The molecule has 0 spiro atoms. The van der Waals surface area contributed by atoms with Crippen molar-refractivity contribution in [2.75, 3.05) is 18.5 Å². The molecule has 0 aromatic carbocycles. The van der Waals surface area contributed by atoms with E-state index in [-0.39, 0.29) is 0 Å². The summed E-state index contributed by atoms with van der Waals surface area (Å²) in [7, 11) is 0. The average molecular weight is 241 g/mol. The number of nitrogens with two attached hydrogens (primary N) is 1. The van der Waals surface area contributed by atoms with Gasteiger partial charge in [0.25, 0.3) is 0 Å². The second-order valence-electron chi connectivity index (χ2n) is 4.17. The Hall–Kier alpha value is -0.650. The molecule has 0 amide bonds. The van der Waals surface area contributed by atoms with Gasteiger partial charge in [-0.1, -0.05) is 0 Å². The zero-order chi connectivity index (χ0) is 11.2. The third-order valence-corrected chi connectivity index (χ3v) is 3.61. The maximum atomic E-state index is 5.84. The first-order valence-corrected chi connectivity index (χ1v) is 6.73. The summed E-state index contributed by atoms with van der Waals surface area (Å²) in [6.45, 7) is 1.58. The normalized spacial score (nSPS) is 25.6. The molecule has 1 aliphatic rings. The molecule has 0 bridgehead atoms. The van der Waals surface area contributed by atoms with E-state index in [0.29, 0.717) is 12.1 Å². The van der Waals surface area contributed by atoms with Gasteiger partial charge in [-0.05, 0) is 25.7 Å². The molecule has 1 fully saturated rings. The summed E-state index contributed by atoms with van der Waals surface area (Å²) >= 11 is 1.61. The van der Waals surface area contributed by atoms with Crippen LogP contribution in [0.5, 0.6) is 0 Å². The van der Waals surface area contributed by atoms with Gasteiger partial charge in [0.05, 0.1) is 12.7 Å². The fourth-order valence-corrected chi connectivity index (χ4v) is 2.51. The molecule has 1 aromatic heterocycles. The number of nitrogens with zero attached hydrogens (tertiary/aromatic N) is 1. The fourth-order valence-electron chi connectivity index (χ4n) is 1.95. The molecule has 3 N–H and O–H groups in total. The van der Waals surface area contributed by atoms with Crippen LogP contribution >= 0.6 is 11.3 Å². The second kappa shape index (κ2) is 6.18. The van der Waals surface area contributed by atoms with Crippen LogP contribution in [0.3, 0.4) is 0 Å². The van der Waals surface area contributed by atoms with Gasteiger partial charge in [-0.2, -0.15) is 0 Å². The van der Waals surface area contributed by atoms with Gasteiger partial charge in [0, 0.05) is 24.2 Å². The van der Waals surface area contributed by atoms with E-state index in [4.69, 9.17) is 10.5 Å². The highest BCUT2D eigenvalue weighted by molar-refractivity contribution is 7.13. The summed E-state index contributed by atoms with van der Waals surface area (Å²) in [5.74, 6) is 0. The highest BCUT2D eigenvalue weighted by atomic mass is 32.1. The van der Waals surface area contributed by atoms with Crippen LogP contribution in [0.2, 0.25) is 0 Å². The molecule has 2 rings (SSSR count). The smallest absolute Gasteiger partial charge is 0.182 e. The van der Waals surface area contributed by atoms with Gasteiger partial charge >= 0.3 is 0 Å². The van der Waals surface area contributed by atoms with Gasteiger partial charge in [0.15, 0.2) is 5.13 Å². The lowest BCUT2D eigenvalue weighted by Crippen LogP contribution is -2.31. The van der Waals surface area contributed by atoms with Gasteiger partial charge in [0.2, 0.25) is 0 Å². The standard InChI is InChI=1S/C11H19N3OS/c12-9-1-3-10(4-2-9)15-7-5-13-11-14-6-8-16-11/h6,8-10H,1-5,7,12H2,(H,13,14). The highest BCUT2D eigenvalue weighted by Gasteiger charge is 2.18. The number of hydrogen-bond donors (Lipinski definition) is 2. The van der Waals surface area contributed by atoms with Crippen LogP contribution in [-0.4, -0.2) is 30.3 Å². The van der Waals surface area contributed by atoms with Crippen molar-refractivity contribution >= 4 is 16.5 Å². The first-order valence-electron chi connectivity index (χ1n) is 5.85. The lowest BCUT2D eigenvalue weighted by molar-refractivity contribution is 0.0313. The number of anilines is 1. The summed E-state index contributed by atoms with van der Waals surface area (Å²) in [4.78, 5) is 4.15. The Morgan fingerprint density at radius 1 is 1.44 bits per heavy atom. The van der Waals surface area contributed by atoms with Crippen molar-refractivity contribution in [2.45, 2.75) is 37.8 Å². The van der Waals surface area contributed by atoms with Crippen LogP contribution in [0.25, 0.3) is 0 Å². The van der Waals surface area contributed by atoms with Crippen LogP contribution < -0.4 is 11.1 Å². The lowest BCUT2D eigenvalue weighted by Gasteiger charge is -2.26. The average Bonchev–Trinajstić information content (AvgIpc) is 2.80. The van der Waals surface area contributed by atoms with E-state index in [1.807, 2.05) is 5.38 Å². The van der Waals surface area contributed by atoms with E-state index in [2.05, 4.69) is 10.3 Å². The monoisotopic (exact) mass is 241 g/mol. The SMILES string of the molecule is NC1CCC(OCCNc2nccs2)CC1. The zero-order valence-electron chi connectivity index (χ0n) is 9.39. The summed E-state index contributed by atoms with van der Waals surface area (Å²) in [6.07, 6.45) is 6.64. The Morgan fingerprint density at radius 2 is 2.25 bits per heavy atom. The van der Waals surface area contributed by atoms with E-state index in [0.717, 1.165) is 44.0 Å². The Morgan fingerprint density at radius 3 is 2.94 bits per heavy atom. The third-order valence-electron chi connectivity index (χ3n) is 2.88. The summed E-state index contributed by atoms with van der Waals surface area (Å²) in [6, 6.07) is 0.397. The zero-order valence-corrected chi connectivity index (χ0v) is 10.2. The molecule has 1 aromatic rings. The first kappa shape index (κ1) is 11.8. The molecular formula is C11H19N3OS. The third kappa shape index (κ3) is 3.73. The molecular weight excluding hydrogens is 222 g/mol. The molecule has 0 saturated heterocycles. The number of aromatic nitrogens is 1. The minimum atomic E-state index is 0.397. The quantitative estimate of drug-likeness (QED) is 0.772. The Bertz CT molecular complexity index is 283. The van der Waals surface area contributed by atoms with Crippen molar-refractivity contribution in [3.63, 3.8) is 0 Å². The number of rotatable bonds is 5. The van der Waals surface area contributed by atoms with Gasteiger partial charge in [-0.3, -0.25) is 0 Å². The van der Waals surface area contributed by atoms with Crippen LogP contribution in [0.4, 0.5) is 5.13 Å². The van der Waals surface area contributed by atoms with Crippen molar-refractivity contribution < 1.29 is 4.74 Å². The summed E-state index contributed by atoms with van der Waals surface area (Å²) in [5.41, 5.74) is 5.84. The maximum absolute atomic E-state index is 5.84. The molecule has 0 atom stereocenters. The van der Waals surface area contributed by atoms with Crippen LogP contribution in [0, 0.1) is 0 Å². The number of hydrogen-bond acceptors (Lipinski definition) is 5. The van der Waals surface area contributed by atoms with Crippen molar-refractivity contribution in [1.82, 2.24) is 4.98 Å². The van der Waals surface area contributed by atoms with E-state index >= 15 is 0 Å². The molecule has 0 radical (unpaired) electrons. The summed E-state index contributed by atoms with van der Waals surface area (Å²) < 4.78 is 5.79. The largest absolute Gasteiger partial charge is 0.376 e. The Labute approximate surface area is 100 Å². The van der Waals surface area contributed by atoms with Gasteiger partial charge in [-0.15, -0.1) is 11.3 Å². The van der Waals surface area contributed by atoms with Crippen LogP contribution in [0.15, 0.2) is 11.6 Å². The Kier molecular flexibility index (Phi) is 4.56. The number of ether oxygens (including phenoxy) is 1. The molecule has 4 nitrogen and oxygen atoms in total. The fraction of sp³-hybridized carbons (Fsp3) is 0.727. The van der Waals surface area contributed by atoms with Gasteiger partial charge in [-0.25, -0.2) is 4.98 Å². The number of nitrogens with one attached hydrogen (secondary N) is 1. The van der Waals surface area contributed by atoms with E-state index < -0.39 is 0 Å². The lowest BCUT2D eigenvalue weighted by atomic mass is 9.94. The predicted octanol–water partition coefficient (Wildman–Crippen LogP) is 1.84. The Balaban J connectivity index is 1.55. The van der Waals surface area contributed by atoms with Crippen molar-refractivity contribution in [1.29, 1.82) is 0 Å². The van der Waals surface area contributed by atoms with Gasteiger partial charge in [0.1, 0.15) is 0 Å². The molecule has 90 valence electrons. The van der Waals surface area contributed by atoms with Crippen LogP contribution in [-0.2, 0) is 4.74 Å². The molecule has 1 saturated carbocycles. The molecule has 5 heteroatoms. The van der Waals surface area contributed by atoms with E-state index in [1.165, 1.54) is 0 Å². The topological polar surface area (TPSA) is 60.2 Å². The molecule has 1 heterocycles. The molecule has 1 aliphatic carbocycles. The predicted molar refractivity (Wildman–Crippen MR) is 66.8 cm³/mol. The van der Waals surface area contributed by atoms with Crippen molar-refractivity contribution in [3.8, 4) is 0 Å².